The van der Waals surface area contributed by atoms with Crippen molar-refractivity contribution in [3.63, 3.8) is 0 Å². The third-order valence-corrected chi connectivity index (χ3v) is 2.18. The highest BCUT2D eigenvalue weighted by Crippen LogP contribution is 2.28. The molecule has 1 aromatic rings. The van der Waals surface area contributed by atoms with Crippen molar-refractivity contribution in [2.45, 2.75) is 12.5 Å². The molecular formula is C10H13NO. The second-order valence-corrected chi connectivity index (χ2v) is 3.28. The van der Waals surface area contributed by atoms with Crippen molar-refractivity contribution in [2.75, 3.05) is 6.61 Å². The SMILES string of the molecule is N[C@H]1C[C@@H]1COc1ccccc1. The molecule has 2 rings (SSSR count). The van der Waals surface area contributed by atoms with Gasteiger partial charge in [-0.3, -0.25) is 0 Å². The van der Waals surface area contributed by atoms with Crippen LogP contribution in [0.1, 0.15) is 6.42 Å². The fraction of sp³-hybridized carbons (Fsp3) is 0.400. The van der Waals surface area contributed by atoms with Crippen LogP contribution < -0.4 is 10.5 Å². The van der Waals surface area contributed by atoms with Crippen LogP contribution in [0.15, 0.2) is 30.3 Å². The first kappa shape index (κ1) is 7.62. The van der Waals surface area contributed by atoms with Gasteiger partial charge in [0.15, 0.2) is 0 Å². The molecule has 0 radical (unpaired) electrons. The Morgan fingerprint density at radius 1 is 1.33 bits per heavy atom. The quantitative estimate of drug-likeness (QED) is 0.731. The average molecular weight is 163 g/mol. The zero-order valence-electron chi connectivity index (χ0n) is 6.94. The van der Waals surface area contributed by atoms with Crippen LogP contribution in [-0.2, 0) is 0 Å². The van der Waals surface area contributed by atoms with Crippen LogP contribution in [0.4, 0.5) is 0 Å². The van der Waals surface area contributed by atoms with E-state index >= 15 is 0 Å². The molecule has 1 aliphatic rings. The Hall–Kier alpha value is -1.02. The summed E-state index contributed by atoms with van der Waals surface area (Å²) in [5.41, 5.74) is 5.65. The minimum Gasteiger partial charge on any atom is -0.493 e. The summed E-state index contributed by atoms with van der Waals surface area (Å²) in [5, 5.41) is 0. The first-order chi connectivity index (χ1) is 5.86. The molecule has 0 aromatic heterocycles. The molecule has 0 spiro atoms. The van der Waals surface area contributed by atoms with Crippen molar-refractivity contribution in [1.29, 1.82) is 0 Å². The molecule has 2 N–H and O–H groups in total. The van der Waals surface area contributed by atoms with Crippen LogP contribution in [0, 0.1) is 5.92 Å². The maximum absolute atomic E-state index is 5.65. The van der Waals surface area contributed by atoms with E-state index in [1.54, 1.807) is 0 Å². The fourth-order valence-corrected chi connectivity index (χ4v) is 1.18. The van der Waals surface area contributed by atoms with Crippen molar-refractivity contribution in [1.82, 2.24) is 0 Å². The van der Waals surface area contributed by atoms with Gasteiger partial charge < -0.3 is 10.5 Å². The molecule has 12 heavy (non-hydrogen) atoms. The molecule has 0 bridgehead atoms. The van der Waals surface area contributed by atoms with E-state index in [4.69, 9.17) is 10.5 Å². The molecule has 1 fully saturated rings. The highest BCUT2D eigenvalue weighted by molar-refractivity contribution is 5.21. The molecule has 2 heteroatoms. The number of para-hydroxylation sites is 1. The van der Waals surface area contributed by atoms with Gasteiger partial charge in [-0.2, -0.15) is 0 Å². The van der Waals surface area contributed by atoms with Gasteiger partial charge in [0.2, 0.25) is 0 Å². The molecule has 2 atom stereocenters. The van der Waals surface area contributed by atoms with Crippen LogP contribution in [-0.4, -0.2) is 12.6 Å². The lowest BCUT2D eigenvalue weighted by atomic mass is 10.3. The smallest absolute Gasteiger partial charge is 0.119 e. The van der Waals surface area contributed by atoms with Gasteiger partial charge >= 0.3 is 0 Å². The zero-order chi connectivity index (χ0) is 8.39. The van der Waals surface area contributed by atoms with E-state index in [1.807, 2.05) is 30.3 Å². The van der Waals surface area contributed by atoms with E-state index in [0.29, 0.717) is 12.0 Å². The Balaban J connectivity index is 1.80. The lowest BCUT2D eigenvalue weighted by Gasteiger charge is -2.03. The van der Waals surface area contributed by atoms with Crippen molar-refractivity contribution < 1.29 is 4.74 Å². The Labute approximate surface area is 72.3 Å². The molecule has 64 valence electrons. The first-order valence-electron chi connectivity index (χ1n) is 4.29. The lowest BCUT2D eigenvalue weighted by molar-refractivity contribution is 0.297. The molecule has 0 unspecified atom stereocenters. The molecule has 0 amide bonds. The third kappa shape index (κ3) is 1.77. The van der Waals surface area contributed by atoms with Gasteiger partial charge in [-0.15, -0.1) is 0 Å². The highest BCUT2D eigenvalue weighted by atomic mass is 16.5. The monoisotopic (exact) mass is 163 g/mol. The van der Waals surface area contributed by atoms with Crippen molar-refractivity contribution in [2.24, 2.45) is 11.7 Å². The van der Waals surface area contributed by atoms with Gasteiger partial charge in [-0.25, -0.2) is 0 Å². The van der Waals surface area contributed by atoms with Crippen LogP contribution in [0.3, 0.4) is 0 Å². The van der Waals surface area contributed by atoms with Gasteiger partial charge in [0.25, 0.3) is 0 Å². The number of hydrogen-bond acceptors (Lipinski definition) is 2. The normalized spacial score (nSPS) is 26.8. The maximum Gasteiger partial charge on any atom is 0.119 e. The molecule has 1 aliphatic carbocycles. The summed E-state index contributed by atoms with van der Waals surface area (Å²) in [5.74, 6) is 1.53. The van der Waals surface area contributed by atoms with Crippen LogP contribution in [0.2, 0.25) is 0 Å². The molecule has 0 saturated heterocycles. The molecule has 0 heterocycles. The van der Waals surface area contributed by atoms with E-state index in [9.17, 15) is 0 Å². The second kappa shape index (κ2) is 3.15. The summed E-state index contributed by atoms with van der Waals surface area (Å²) < 4.78 is 5.52. The Bertz CT molecular complexity index is 247. The number of ether oxygens (including phenoxy) is 1. The second-order valence-electron chi connectivity index (χ2n) is 3.28. The third-order valence-electron chi connectivity index (χ3n) is 2.18. The van der Waals surface area contributed by atoms with E-state index in [0.717, 1.165) is 18.8 Å². The summed E-state index contributed by atoms with van der Waals surface area (Å²) in [6.45, 7) is 0.769. The Morgan fingerprint density at radius 2 is 2.00 bits per heavy atom. The van der Waals surface area contributed by atoms with E-state index in [1.165, 1.54) is 0 Å². The number of rotatable bonds is 3. The summed E-state index contributed by atoms with van der Waals surface area (Å²) in [6, 6.07) is 10.2. The molecule has 1 aromatic carbocycles. The van der Waals surface area contributed by atoms with Crippen molar-refractivity contribution in [3.8, 4) is 5.75 Å². The summed E-state index contributed by atoms with van der Waals surface area (Å²) in [7, 11) is 0. The predicted octanol–water partition coefficient (Wildman–Crippen LogP) is 1.41. The first-order valence-corrected chi connectivity index (χ1v) is 4.29. The molecule has 1 saturated carbocycles. The Morgan fingerprint density at radius 3 is 2.58 bits per heavy atom. The fourth-order valence-electron chi connectivity index (χ4n) is 1.18. The molecular weight excluding hydrogens is 150 g/mol. The number of nitrogens with two attached hydrogens (primary N) is 1. The number of hydrogen-bond donors (Lipinski definition) is 1. The van der Waals surface area contributed by atoms with E-state index in [-0.39, 0.29) is 0 Å². The lowest BCUT2D eigenvalue weighted by Crippen LogP contribution is -2.08. The average Bonchev–Trinajstić information content (AvgIpc) is 2.81. The Kier molecular flexibility index (Phi) is 2.00. The van der Waals surface area contributed by atoms with Gasteiger partial charge in [0.05, 0.1) is 6.61 Å². The van der Waals surface area contributed by atoms with Gasteiger partial charge in [0, 0.05) is 12.0 Å². The minimum atomic E-state index is 0.383. The highest BCUT2D eigenvalue weighted by Gasteiger charge is 2.33. The predicted molar refractivity (Wildman–Crippen MR) is 48.0 cm³/mol. The number of benzene rings is 1. The summed E-state index contributed by atoms with van der Waals surface area (Å²) >= 11 is 0. The topological polar surface area (TPSA) is 35.2 Å². The largest absolute Gasteiger partial charge is 0.493 e. The van der Waals surface area contributed by atoms with E-state index < -0.39 is 0 Å². The van der Waals surface area contributed by atoms with Crippen LogP contribution in [0.25, 0.3) is 0 Å². The standard InChI is InChI=1S/C10H13NO/c11-10-6-8(10)7-12-9-4-2-1-3-5-9/h1-5,8,10H,6-7,11H2/t8-,10+/m1/s1. The summed E-state index contributed by atoms with van der Waals surface area (Å²) in [6.07, 6.45) is 1.12. The minimum absolute atomic E-state index is 0.383. The summed E-state index contributed by atoms with van der Waals surface area (Å²) in [4.78, 5) is 0. The molecule has 0 aliphatic heterocycles. The van der Waals surface area contributed by atoms with Crippen LogP contribution in [0.5, 0.6) is 5.75 Å². The zero-order valence-corrected chi connectivity index (χ0v) is 6.94. The van der Waals surface area contributed by atoms with Gasteiger partial charge in [0.1, 0.15) is 5.75 Å². The van der Waals surface area contributed by atoms with Crippen LogP contribution >= 0.6 is 0 Å². The van der Waals surface area contributed by atoms with Gasteiger partial charge in [-0.05, 0) is 18.6 Å². The van der Waals surface area contributed by atoms with E-state index in [2.05, 4.69) is 0 Å². The van der Waals surface area contributed by atoms with Crippen molar-refractivity contribution >= 4 is 0 Å². The van der Waals surface area contributed by atoms with Gasteiger partial charge in [-0.1, -0.05) is 18.2 Å². The van der Waals surface area contributed by atoms with Crippen molar-refractivity contribution in [3.05, 3.63) is 30.3 Å². The maximum atomic E-state index is 5.65. The molecule has 2 nitrogen and oxygen atoms in total.